The summed E-state index contributed by atoms with van der Waals surface area (Å²) >= 11 is 1.68. The molecule has 0 aliphatic carbocycles. The zero-order valence-corrected chi connectivity index (χ0v) is 14.5. The van der Waals surface area contributed by atoms with Gasteiger partial charge in [-0.15, -0.1) is 11.3 Å². The lowest BCUT2D eigenvalue weighted by Gasteiger charge is -2.20. The molecule has 3 aromatic rings. The summed E-state index contributed by atoms with van der Waals surface area (Å²) in [5.74, 6) is 0.940. The highest BCUT2D eigenvalue weighted by molar-refractivity contribution is 7.18. The molecule has 1 aliphatic rings. The second kappa shape index (κ2) is 6.36. The highest BCUT2D eigenvalue weighted by Gasteiger charge is 2.20. The monoisotopic (exact) mass is 340 g/mol. The van der Waals surface area contributed by atoms with Gasteiger partial charge in [-0.25, -0.2) is 9.97 Å². The number of aryl methyl sites for hydroxylation is 1. The Kier molecular flexibility index (Phi) is 4.06. The summed E-state index contributed by atoms with van der Waals surface area (Å²) in [5.41, 5.74) is 1.56. The molecule has 1 N–H and O–H groups in total. The Labute approximate surface area is 144 Å². The summed E-state index contributed by atoms with van der Waals surface area (Å²) < 4.78 is 3.33. The van der Waals surface area contributed by atoms with E-state index in [-0.39, 0.29) is 5.91 Å². The maximum absolute atomic E-state index is 12.3. The first-order valence-corrected chi connectivity index (χ1v) is 9.23. The highest BCUT2D eigenvalue weighted by atomic mass is 32.1. The van der Waals surface area contributed by atoms with Gasteiger partial charge in [0, 0.05) is 31.6 Å². The van der Waals surface area contributed by atoms with E-state index in [0.717, 1.165) is 42.0 Å². The predicted molar refractivity (Wildman–Crippen MR) is 95.5 cm³/mol. The SMILES string of the molecule is CC1CCCc2nc(C(=O)NCCc3nc4ccccc4s3)cn21. The zero-order valence-electron chi connectivity index (χ0n) is 13.7. The van der Waals surface area contributed by atoms with Crippen molar-refractivity contribution in [2.75, 3.05) is 6.54 Å². The highest BCUT2D eigenvalue weighted by Crippen LogP contribution is 2.24. The van der Waals surface area contributed by atoms with E-state index in [1.54, 1.807) is 11.3 Å². The quantitative estimate of drug-likeness (QED) is 0.792. The molecular formula is C18H20N4OS. The van der Waals surface area contributed by atoms with Gasteiger partial charge in [-0.1, -0.05) is 12.1 Å². The second-order valence-electron chi connectivity index (χ2n) is 6.27. The van der Waals surface area contributed by atoms with E-state index >= 15 is 0 Å². The number of aromatic nitrogens is 3. The summed E-state index contributed by atoms with van der Waals surface area (Å²) in [7, 11) is 0. The van der Waals surface area contributed by atoms with E-state index in [9.17, 15) is 4.79 Å². The minimum Gasteiger partial charge on any atom is -0.350 e. The number of hydrogen-bond acceptors (Lipinski definition) is 4. The predicted octanol–water partition coefficient (Wildman–Crippen LogP) is 3.36. The molecule has 1 unspecified atom stereocenters. The molecule has 24 heavy (non-hydrogen) atoms. The van der Waals surface area contributed by atoms with Crippen LogP contribution in [-0.2, 0) is 12.8 Å². The molecule has 6 heteroatoms. The smallest absolute Gasteiger partial charge is 0.271 e. The fraction of sp³-hybridized carbons (Fsp3) is 0.389. The van der Waals surface area contributed by atoms with Crippen molar-refractivity contribution < 1.29 is 4.79 Å². The standard InChI is InChI=1S/C18H20N4OS/c1-12-5-4-8-16-20-14(11-22(12)16)18(23)19-10-9-17-21-13-6-2-3-7-15(13)24-17/h2-3,6-7,11-12H,4-5,8-10H2,1H3,(H,19,23). The molecule has 0 saturated heterocycles. The summed E-state index contributed by atoms with van der Waals surface area (Å²) in [4.78, 5) is 21.4. The van der Waals surface area contributed by atoms with Gasteiger partial charge < -0.3 is 9.88 Å². The van der Waals surface area contributed by atoms with Gasteiger partial charge in [0.15, 0.2) is 0 Å². The van der Waals surface area contributed by atoms with Gasteiger partial charge in [-0.2, -0.15) is 0 Å². The third-order valence-electron chi connectivity index (χ3n) is 4.50. The van der Waals surface area contributed by atoms with Gasteiger partial charge in [0.1, 0.15) is 11.5 Å². The number of fused-ring (bicyclic) bond motifs is 2. The van der Waals surface area contributed by atoms with Gasteiger partial charge in [0.2, 0.25) is 0 Å². The summed E-state index contributed by atoms with van der Waals surface area (Å²) in [6.07, 6.45) is 5.91. The number of para-hydroxylation sites is 1. The van der Waals surface area contributed by atoms with Crippen molar-refractivity contribution in [3.63, 3.8) is 0 Å². The van der Waals surface area contributed by atoms with Crippen LogP contribution in [0, 0.1) is 0 Å². The Morgan fingerprint density at radius 1 is 1.38 bits per heavy atom. The first-order chi connectivity index (χ1) is 11.7. The summed E-state index contributed by atoms with van der Waals surface area (Å²) in [6.45, 7) is 2.76. The van der Waals surface area contributed by atoms with Gasteiger partial charge in [0.05, 0.1) is 15.2 Å². The molecule has 0 radical (unpaired) electrons. The normalized spacial score (nSPS) is 17.0. The van der Waals surface area contributed by atoms with Crippen molar-refractivity contribution in [1.29, 1.82) is 0 Å². The lowest BCUT2D eigenvalue weighted by atomic mass is 10.1. The van der Waals surface area contributed by atoms with E-state index in [2.05, 4.69) is 32.8 Å². The average molecular weight is 340 g/mol. The number of nitrogens with zero attached hydrogens (tertiary/aromatic N) is 3. The Balaban J connectivity index is 1.38. The van der Waals surface area contributed by atoms with E-state index in [0.29, 0.717) is 18.3 Å². The molecule has 1 atom stereocenters. The summed E-state index contributed by atoms with van der Waals surface area (Å²) in [5, 5.41) is 4.02. The first kappa shape index (κ1) is 15.3. The molecule has 1 aromatic carbocycles. The van der Waals surface area contributed by atoms with Crippen LogP contribution in [-0.4, -0.2) is 27.0 Å². The van der Waals surface area contributed by atoms with Crippen LogP contribution in [0.5, 0.6) is 0 Å². The maximum Gasteiger partial charge on any atom is 0.271 e. The van der Waals surface area contributed by atoms with Crippen LogP contribution < -0.4 is 5.32 Å². The number of rotatable bonds is 4. The lowest BCUT2D eigenvalue weighted by molar-refractivity contribution is 0.0949. The van der Waals surface area contributed by atoms with Crippen molar-refractivity contribution in [2.24, 2.45) is 0 Å². The van der Waals surface area contributed by atoms with Crippen molar-refractivity contribution in [1.82, 2.24) is 19.9 Å². The van der Waals surface area contributed by atoms with Crippen LogP contribution in [0.25, 0.3) is 10.2 Å². The minimum absolute atomic E-state index is 0.0924. The molecule has 0 saturated carbocycles. The van der Waals surface area contributed by atoms with Crippen molar-refractivity contribution in [3.8, 4) is 0 Å². The minimum atomic E-state index is -0.0924. The molecular weight excluding hydrogens is 320 g/mol. The van der Waals surface area contributed by atoms with E-state index < -0.39 is 0 Å². The molecule has 124 valence electrons. The van der Waals surface area contributed by atoms with Crippen LogP contribution in [0.1, 0.15) is 47.1 Å². The molecule has 2 aromatic heterocycles. The number of carbonyl (C=O) groups excluding carboxylic acids is 1. The lowest BCUT2D eigenvalue weighted by Crippen LogP contribution is -2.26. The van der Waals surface area contributed by atoms with E-state index in [1.807, 2.05) is 24.4 Å². The van der Waals surface area contributed by atoms with Gasteiger partial charge >= 0.3 is 0 Å². The molecule has 0 spiro atoms. The number of nitrogens with one attached hydrogen (secondary N) is 1. The molecule has 0 bridgehead atoms. The molecule has 0 fully saturated rings. The largest absolute Gasteiger partial charge is 0.350 e. The Hall–Kier alpha value is -2.21. The zero-order chi connectivity index (χ0) is 16.5. The van der Waals surface area contributed by atoms with E-state index in [1.165, 1.54) is 4.70 Å². The number of thiazole rings is 1. The number of hydrogen-bond donors (Lipinski definition) is 1. The van der Waals surface area contributed by atoms with Crippen LogP contribution >= 0.6 is 11.3 Å². The average Bonchev–Trinajstić information content (AvgIpc) is 3.18. The van der Waals surface area contributed by atoms with Gasteiger partial charge in [-0.05, 0) is 31.9 Å². The number of imidazole rings is 1. The first-order valence-electron chi connectivity index (χ1n) is 8.41. The third-order valence-corrected chi connectivity index (χ3v) is 5.60. The number of benzene rings is 1. The molecule has 5 nitrogen and oxygen atoms in total. The van der Waals surface area contributed by atoms with Gasteiger partial charge in [-0.3, -0.25) is 4.79 Å². The molecule has 1 aliphatic heterocycles. The van der Waals surface area contributed by atoms with Gasteiger partial charge in [0.25, 0.3) is 5.91 Å². The molecule has 4 rings (SSSR count). The maximum atomic E-state index is 12.3. The second-order valence-corrected chi connectivity index (χ2v) is 7.39. The fourth-order valence-electron chi connectivity index (χ4n) is 3.20. The molecule has 1 amide bonds. The van der Waals surface area contributed by atoms with Crippen LogP contribution in [0.3, 0.4) is 0 Å². The van der Waals surface area contributed by atoms with Crippen LogP contribution in [0.2, 0.25) is 0 Å². The van der Waals surface area contributed by atoms with Crippen LogP contribution in [0.15, 0.2) is 30.5 Å². The Morgan fingerprint density at radius 2 is 2.25 bits per heavy atom. The third kappa shape index (κ3) is 2.94. The van der Waals surface area contributed by atoms with Crippen molar-refractivity contribution in [2.45, 2.75) is 38.6 Å². The van der Waals surface area contributed by atoms with Crippen molar-refractivity contribution in [3.05, 3.63) is 47.0 Å². The topological polar surface area (TPSA) is 59.8 Å². The Morgan fingerprint density at radius 3 is 3.08 bits per heavy atom. The fourth-order valence-corrected chi connectivity index (χ4v) is 4.17. The van der Waals surface area contributed by atoms with Crippen LogP contribution in [0.4, 0.5) is 0 Å². The summed E-state index contributed by atoms with van der Waals surface area (Å²) in [6, 6.07) is 8.55. The molecule has 3 heterocycles. The van der Waals surface area contributed by atoms with E-state index in [4.69, 9.17) is 0 Å². The Bertz CT molecular complexity index is 849. The van der Waals surface area contributed by atoms with Crippen molar-refractivity contribution >= 4 is 27.5 Å². The number of amides is 1. The number of carbonyl (C=O) groups is 1.